The lowest BCUT2D eigenvalue weighted by Crippen LogP contribution is -2.38. The van der Waals surface area contributed by atoms with E-state index >= 15 is 0 Å². The fourth-order valence-corrected chi connectivity index (χ4v) is 1.98. The zero-order valence-electron chi connectivity index (χ0n) is 13.4. The molecule has 0 saturated heterocycles. The Bertz CT molecular complexity index is 478. The fourth-order valence-electron chi connectivity index (χ4n) is 1.98. The van der Waals surface area contributed by atoms with Crippen LogP contribution in [0.4, 0.5) is 10.5 Å². The predicted molar refractivity (Wildman–Crippen MR) is 82.6 cm³/mol. The first-order valence-corrected chi connectivity index (χ1v) is 7.01. The second kappa shape index (κ2) is 6.16. The van der Waals surface area contributed by atoms with Gasteiger partial charge in [0.1, 0.15) is 5.60 Å². The molecule has 0 aromatic heterocycles. The first-order valence-electron chi connectivity index (χ1n) is 7.01. The summed E-state index contributed by atoms with van der Waals surface area (Å²) in [6.07, 6.45) is -0.299. The van der Waals surface area contributed by atoms with Crippen LogP contribution in [0.1, 0.15) is 51.8 Å². The molecule has 1 rings (SSSR count). The van der Waals surface area contributed by atoms with Crippen LogP contribution < -0.4 is 5.73 Å². The Hall–Kier alpha value is -1.71. The number of ether oxygens (including phenoxy) is 1. The maximum absolute atomic E-state index is 12.2. The lowest BCUT2D eigenvalue weighted by Gasteiger charge is -2.31. The molecule has 0 aliphatic rings. The molecule has 0 fully saturated rings. The monoisotopic (exact) mass is 278 g/mol. The van der Waals surface area contributed by atoms with Crippen LogP contribution in [0.3, 0.4) is 0 Å². The number of amides is 1. The van der Waals surface area contributed by atoms with Crippen molar-refractivity contribution in [3.8, 4) is 0 Å². The number of anilines is 1. The molecule has 1 aromatic rings. The second-order valence-corrected chi connectivity index (χ2v) is 6.06. The Labute approximate surface area is 121 Å². The first-order chi connectivity index (χ1) is 9.15. The summed E-state index contributed by atoms with van der Waals surface area (Å²) < 4.78 is 5.44. The van der Waals surface area contributed by atoms with Crippen molar-refractivity contribution < 1.29 is 9.53 Å². The number of carbonyl (C=O) groups excluding carboxylic acids is 1. The third-order valence-corrected chi connectivity index (χ3v) is 3.22. The zero-order valence-corrected chi connectivity index (χ0v) is 13.4. The molecule has 112 valence electrons. The van der Waals surface area contributed by atoms with Gasteiger partial charge in [0.15, 0.2) is 0 Å². The molecule has 0 saturated carbocycles. The van der Waals surface area contributed by atoms with Gasteiger partial charge in [-0.2, -0.15) is 0 Å². The molecule has 4 nitrogen and oxygen atoms in total. The van der Waals surface area contributed by atoms with Crippen molar-refractivity contribution in [2.75, 3.05) is 12.3 Å². The van der Waals surface area contributed by atoms with E-state index < -0.39 is 5.60 Å². The normalized spacial score (nSPS) is 12.9. The van der Waals surface area contributed by atoms with E-state index in [-0.39, 0.29) is 12.1 Å². The average molecular weight is 278 g/mol. The summed E-state index contributed by atoms with van der Waals surface area (Å²) >= 11 is 0. The maximum atomic E-state index is 12.2. The molecule has 0 bridgehead atoms. The van der Waals surface area contributed by atoms with Gasteiger partial charge in [0.05, 0.1) is 6.04 Å². The number of rotatable bonds is 3. The summed E-state index contributed by atoms with van der Waals surface area (Å²) in [6.45, 7) is 12.1. The third-order valence-electron chi connectivity index (χ3n) is 3.22. The highest BCUT2D eigenvalue weighted by molar-refractivity contribution is 5.69. The number of nitrogens with two attached hydrogens (primary N) is 1. The van der Waals surface area contributed by atoms with E-state index in [4.69, 9.17) is 10.5 Å². The fraction of sp³-hybridized carbons (Fsp3) is 0.562. The van der Waals surface area contributed by atoms with Crippen molar-refractivity contribution in [3.05, 3.63) is 29.3 Å². The van der Waals surface area contributed by atoms with Crippen molar-refractivity contribution in [3.63, 3.8) is 0 Å². The van der Waals surface area contributed by atoms with Gasteiger partial charge in [0, 0.05) is 12.2 Å². The van der Waals surface area contributed by atoms with E-state index in [1.165, 1.54) is 0 Å². The summed E-state index contributed by atoms with van der Waals surface area (Å²) in [4.78, 5) is 13.9. The van der Waals surface area contributed by atoms with Crippen molar-refractivity contribution >= 4 is 11.8 Å². The number of carbonyl (C=O) groups is 1. The van der Waals surface area contributed by atoms with Crippen molar-refractivity contribution in [1.82, 2.24) is 4.90 Å². The van der Waals surface area contributed by atoms with Gasteiger partial charge in [-0.25, -0.2) is 4.79 Å². The van der Waals surface area contributed by atoms with Gasteiger partial charge in [0.25, 0.3) is 0 Å². The molecule has 0 radical (unpaired) electrons. The van der Waals surface area contributed by atoms with Gasteiger partial charge in [-0.05, 0) is 58.7 Å². The van der Waals surface area contributed by atoms with Crippen LogP contribution in [0.5, 0.6) is 0 Å². The van der Waals surface area contributed by atoms with E-state index in [0.29, 0.717) is 6.54 Å². The number of hydrogen-bond donors (Lipinski definition) is 1. The minimum absolute atomic E-state index is 0.0715. The summed E-state index contributed by atoms with van der Waals surface area (Å²) in [5, 5.41) is 0. The summed E-state index contributed by atoms with van der Waals surface area (Å²) in [5.74, 6) is 0. The minimum Gasteiger partial charge on any atom is -0.444 e. The Morgan fingerprint density at radius 3 is 2.45 bits per heavy atom. The number of nitrogens with zero attached hydrogens (tertiary/aromatic N) is 1. The van der Waals surface area contributed by atoms with Gasteiger partial charge in [0.2, 0.25) is 0 Å². The van der Waals surface area contributed by atoms with Crippen LogP contribution >= 0.6 is 0 Å². The van der Waals surface area contributed by atoms with Crippen LogP contribution in [0, 0.1) is 6.92 Å². The molecule has 1 atom stereocenters. The number of nitrogen functional groups attached to an aromatic ring is 1. The lowest BCUT2D eigenvalue weighted by atomic mass is 10.0. The number of aryl methyl sites for hydroxylation is 1. The van der Waals surface area contributed by atoms with Crippen LogP contribution in [0.15, 0.2) is 18.2 Å². The van der Waals surface area contributed by atoms with Gasteiger partial charge < -0.3 is 15.4 Å². The van der Waals surface area contributed by atoms with Gasteiger partial charge in [-0.1, -0.05) is 12.1 Å². The maximum Gasteiger partial charge on any atom is 0.410 e. The average Bonchev–Trinajstić information content (AvgIpc) is 2.31. The van der Waals surface area contributed by atoms with Crippen LogP contribution in [-0.2, 0) is 4.74 Å². The summed E-state index contributed by atoms with van der Waals surface area (Å²) in [6, 6.07) is 5.83. The highest BCUT2D eigenvalue weighted by Crippen LogP contribution is 2.25. The quantitative estimate of drug-likeness (QED) is 0.853. The molecule has 1 aromatic carbocycles. The van der Waals surface area contributed by atoms with Crippen LogP contribution in [0.25, 0.3) is 0 Å². The molecular weight excluding hydrogens is 252 g/mol. The molecule has 0 spiro atoms. The molecule has 0 aliphatic carbocycles. The molecule has 2 N–H and O–H groups in total. The Kier molecular flexibility index (Phi) is 5.03. The van der Waals surface area contributed by atoms with E-state index in [2.05, 4.69) is 0 Å². The molecule has 0 aliphatic heterocycles. The van der Waals surface area contributed by atoms with Crippen LogP contribution in [0.2, 0.25) is 0 Å². The molecule has 1 amide bonds. The molecule has 20 heavy (non-hydrogen) atoms. The van der Waals surface area contributed by atoms with E-state index in [1.54, 1.807) is 4.90 Å². The van der Waals surface area contributed by atoms with Crippen molar-refractivity contribution in [2.24, 2.45) is 0 Å². The van der Waals surface area contributed by atoms with E-state index in [9.17, 15) is 4.79 Å². The van der Waals surface area contributed by atoms with Crippen molar-refractivity contribution in [2.45, 2.75) is 53.2 Å². The largest absolute Gasteiger partial charge is 0.444 e. The third kappa shape index (κ3) is 4.15. The Morgan fingerprint density at radius 1 is 1.40 bits per heavy atom. The van der Waals surface area contributed by atoms with Crippen molar-refractivity contribution in [1.29, 1.82) is 0 Å². The zero-order chi connectivity index (χ0) is 15.5. The number of benzene rings is 1. The molecule has 4 heteroatoms. The SMILES string of the molecule is CCN(C(=O)OC(C)(C)C)C(C)c1ccc(C)c(N)c1. The van der Waals surface area contributed by atoms with E-state index in [0.717, 1.165) is 16.8 Å². The standard InChI is InChI=1S/C16H26N2O2/c1-7-18(15(19)20-16(4,5)6)12(3)13-9-8-11(2)14(17)10-13/h8-10,12H,7,17H2,1-6H3. The Morgan fingerprint density at radius 2 is 2.00 bits per heavy atom. The molecule has 1 unspecified atom stereocenters. The minimum atomic E-state index is -0.490. The molecular formula is C16H26N2O2. The highest BCUT2D eigenvalue weighted by atomic mass is 16.6. The van der Waals surface area contributed by atoms with Crippen LogP contribution in [-0.4, -0.2) is 23.1 Å². The summed E-state index contributed by atoms with van der Waals surface area (Å²) in [7, 11) is 0. The van der Waals surface area contributed by atoms with Gasteiger partial charge in [-0.3, -0.25) is 0 Å². The second-order valence-electron chi connectivity index (χ2n) is 6.06. The summed E-state index contributed by atoms with van der Waals surface area (Å²) in [5.41, 5.74) is 8.26. The number of hydrogen-bond acceptors (Lipinski definition) is 3. The van der Waals surface area contributed by atoms with Gasteiger partial charge in [-0.15, -0.1) is 0 Å². The topological polar surface area (TPSA) is 55.6 Å². The Balaban J connectivity index is 2.93. The lowest BCUT2D eigenvalue weighted by molar-refractivity contribution is 0.0186. The first kappa shape index (κ1) is 16.3. The smallest absolute Gasteiger partial charge is 0.410 e. The predicted octanol–water partition coefficient (Wildman–Crippen LogP) is 3.90. The van der Waals surface area contributed by atoms with Gasteiger partial charge >= 0.3 is 6.09 Å². The molecule has 0 heterocycles. The highest BCUT2D eigenvalue weighted by Gasteiger charge is 2.25. The van der Waals surface area contributed by atoms with E-state index in [1.807, 2.05) is 59.7 Å².